The number of carbonyl (C=O) groups excluding carboxylic acids is 1. The van der Waals surface area contributed by atoms with Crippen LogP contribution in [0.25, 0.3) is 0 Å². The van der Waals surface area contributed by atoms with Crippen LogP contribution in [0.2, 0.25) is 0 Å². The molecule has 0 aromatic carbocycles. The van der Waals surface area contributed by atoms with E-state index in [1.807, 2.05) is 6.92 Å². The first-order valence-electron chi connectivity index (χ1n) is 6.42. The van der Waals surface area contributed by atoms with Crippen LogP contribution in [0, 0.1) is 5.92 Å². The smallest absolute Gasteiger partial charge is 0.326 e. The summed E-state index contributed by atoms with van der Waals surface area (Å²) in [6.07, 6.45) is 1.45. The lowest BCUT2D eigenvalue weighted by Crippen LogP contribution is -2.47. The van der Waals surface area contributed by atoms with Crippen LogP contribution in [-0.2, 0) is 4.79 Å². The third-order valence-corrected chi connectivity index (χ3v) is 3.37. The van der Waals surface area contributed by atoms with Crippen molar-refractivity contribution in [2.45, 2.75) is 45.3 Å². The van der Waals surface area contributed by atoms with E-state index >= 15 is 0 Å². The van der Waals surface area contributed by atoms with Gasteiger partial charge in [0.1, 0.15) is 6.04 Å². The zero-order valence-corrected chi connectivity index (χ0v) is 10.9. The molecule has 1 saturated heterocycles. The molecule has 0 radical (unpaired) electrons. The van der Waals surface area contributed by atoms with Crippen LogP contribution in [0.15, 0.2) is 0 Å². The number of nitrogens with one attached hydrogen (secondary N) is 1. The molecule has 0 aromatic heterocycles. The molecule has 1 aliphatic heterocycles. The summed E-state index contributed by atoms with van der Waals surface area (Å²) in [4.78, 5) is 24.4. The quantitative estimate of drug-likeness (QED) is 0.675. The Morgan fingerprint density at radius 2 is 2.17 bits per heavy atom. The Kier molecular flexibility index (Phi) is 5.40. The van der Waals surface area contributed by atoms with Crippen LogP contribution in [0.3, 0.4) is 0 Å². The van der Waals surface area contributed by atoms with Crippen molar-refractivity contribution in [1.29, 1.82) is 0 Å². The molecule has 0 aromatic rings. The van der Waals surface area contributed by atoms with Gasteiger partial charge >= 0.3 is 12.0 Å². The number of aliphatic carboxylic acids is 1. The van der Waals surface area contributed by atoms with Crippen molar-refractivity contribution in [1.82, 2.24) is 10.2 Å². The number of nitrogens with zero attached hydrogens (tertiary/aromatic N) is 1. The zero-order valence-electron chi connectivity index (χ0n) is 10.9. The first kappa shape index (κ1) is 14.8. The number of rotatable bonds is 5. The number of likely N-dealkylation sites (tertiary alicyclic amines) is 1. The van der Waals surface area contributed by atoms with E-state index in [9.17, 15) is 14.7 Å². The van der Waals surface area contributed by atoms with Crippen molar-refractivity contribution >= 4 is 12.0 Å². The van der Waals surface area contributed by atoms with Gasteiger partial charge in [-0.15, -0.1) is 0 Å². The van der Waals surface area contributed by atoms with E-state index in [-0.39, 0.29) is 11.9 Å². The molecule has 1 rings (SSSR count). The fourth-order valence-electron chi connectivity index (χ4n) is 2.15. The van der Waals surface area contributed by atoms with Gasteiger partial charge in [-0.2, -0.15) is 0 Å². The summed E-state index contributed by atoms with van der Waals surface area (Å²) < 4.78 is 0. The molecule has 18 heavy (non-hydrogen) atoms. The molecule has 104 valence electrons. The molecule has 6 heteroatoms. The number of carboxylic acid groups (broad SMARTS) is 1. The van der Waals surface area contributed by atoms with E-state index in [0.29, 0.717) is 25.9 Å². The Bertz CT molecular complexity index is 306. The minimum atomic E-state index is -1.00. The maximum Gasteiger partial charge on any atom is 0.326 e. The molecule has 0 bridgehead atoms. The third-order valence-electron chi connectivity index (χ3n) is 3.37. The number of amides is 2. The van der Waals surface area contributed by atoms with Crippen LogP contribution in [-0.4, -0.2) is 52.3 Å². The van der Waals surface area contributed by atoms with Crippen LogP contribution >= 0.6 is 0 Å². The molecule has 6 nitrogen and oxygen atoms in total. The molecule has 2 amide bonds. The number of carbonyl (C=O) groups is 2. The molecule has 1 aliphatic rings. The Morgan fingerprint density at radius 1 is 1.50 bits per heavy atom. The van der Waals surface area contributed by atoms with Gasteiger partial charge in [-0.1, -0.05) is 13.3 Å². The number of carboxylic acids is 1. The Balaban J connectivity index is 2.48. The van der Waals surface area contributed by atoms with Crippen molar-refractivity contribution in [3.05, 3.63) is 0 Å². The molecule has 0 spiro atoms. The van der Waals surface area contributed by atoms with Crippen LogP contribution < -0.4 is 5.32 Å². The summed E-state index contributed by atoms with van der Waals surface area (Å²) in [6.45, 7) is 4.65. The lowest BCUT2D eigenvalue weighted by Gasteiger charge is -2.21. The highest BCUT2D eigenvalue weighted by Gasteiger charge is 2.30. The molecular weight excluding hydrogens is 236 g/mol. The Hall–Kier alpha value is -1.30. The highest BCUT2D eigenvalue weighted by atomic mass is 16.4. The van der Waals surface area contributed by atoms with Gasteiger partial charge in [0.15, 0.2) is 0 Å². The number of hydrogen-bond acceptors (Lipinski definition) is 3. The number of hydrogen-bond donors (Lipinski definition) is 3. The molecule has 3 atom stereocenters. The topological polar surface area (TPSA) is 89.9 Å². The molecule has 3 N–H and O–H groups in total. The summed E-state index contributed by atoms with van der Waals surface area (Å²) in [6, 6.07) is -1.17. The molecule has 0 aliphatic carbocycles. The van der Waals surface area contributed by atoms with Gasteiger partial charge in [0, 0.05) is 19.0 Å². The molecule has 2 unspecified atom stereocenters. The predicted octanol–water partition coefficient (Wildman–Crippen LogP) is 0.652. The fourth-order valence-corrected chi connectivity index (χ4v) is 2.15. The number of urea groups is 1. The average Bonchev–Trinajstić information content (AvgIpc) is 2.77. The van der Waals surface area contributed by atoms with Crippen molar-refractivity contribution in [2.75, 3.05) is 13.1 Å². The first-order valence-corrected chi connectivity index (χ1v) is 6.42. The van der Waals surface area contributed by atoms with Crippen LogP contribution in [0.1, 0.15) is 33.1 Å². The number of aliphatic hydroxyl groups is 1. The van der Waals surface area contributed by atoms with Gasteiger partial charge in [0.05, 0.1) is 6.10 Å². The highest BCUT2D eigenvalue weighted by molar-refractivity contribution is 5.82. The van der Waals surface area contributed by atoms with Crippen molar-refractivity contribution < 1.29 is 19.8 Å². The van der Waals surface area contributed by atoms with Gasteiger partial charge in [0.25, 0.3) is 0 Å². The fraction of sp³-hybridized carbons (Fsp3) is 0.833. The highest BCUT2D eigenvalue weighted by Crippen LogP contribution is 2.19. The summed E-state index contributed by atoms with van der Waals surface area (Å²) in [5.41, 5.74) is 0. The molecule has 1 heterocycles. The second-order valence-electron chi connectivity index (χ2n) is 4.86. The Labute approximate surface area is 107 Å². The maximum atomic E-state index is 11.9. The van der Waals surface area contributed by atoms with Gasteiger partial charge < -0.3 is 20.4 Å². The van der Waals surface area contributed by atoms with E-state index in [0.717, 1.165) is 6.42 Å². The lowest BCUT2D eigenvalue weighted by atomic mass is 10.0. The van der Waals surface area contributed by atoms with Gasteiger partial charge in [-0.3, -0.25) is 0 Å². The first-order chi connectivity index (χ1) is 8.45. The largest absolute Gasteiger partial charge is 0.480 e. The monoisotopic (exact) mass is 258 g/mol. The summed E-state index contributed by atoms with van der Waals surface area (Å²) in [5.74, 6) is -0.915. The Morgan fingerprint density at radius 3 is 2.61 bits per heavy atom. The second-order valence-corrected chi connectivity index (χ2v) is 4.86. The SMILES string of the molecule is CCC[C@H](NC(=O)N1CCC(C(C)O)C1)C(=O)O. The standard InChI is InChI=1S/C12H22N2O4/c1-3-4-10(11(16)17)13-12(18)14-6-5-9(7-14)8(2)15/h8-10,15H,3-7H2,1-2H3,(H,13,18)(H,16,17)/t8?,9?,10-/m0/s1. The molecule has 1 fully saturated rings. The van der Waals surface area contributed by atoms with E-state index in [1.165, 1.54) is 0 Å². The van der Waals surface area contributed by atoms with Crippen molar-refractivity contribution in [3.8, 4) is 0 Å². The maximum absolute atomic E-state index is 11.9. The molecule has 0 saturated carbocycles. The van der Waals surface area contributed by atoms with E-state index in [1.54, 1.807) is 11.8 Å². The predicted molar refractivity (Wildman–Crippen MR) is 66.2 cm³/mol. The van der Waals surface area contributed by atoms with E-state index in [2.05, 4.69) is 5.32 Å². The lowest BCUT2D eigenvalue weighted by molar-refractivity contribution is -0.139. The second kappa shape index (κ2) is 6.58. The van der Waals surface area contributed by atoms with Gasteiger partial charge in [-0.05, 0) is 19.8 Å². The van der Waals surface area contributed by atoms with E-state index < -0.39 is 18.1 Å². The van der Waals surface area contributed by atoms with Crippen LogP contribution in [0.5, 0.6) is 0 Å². The zero-order chi connectivity index (χ0) is 13.7. The summed E-state index contributed by atoms with van der Waals surface area (Å²) in [7, 11) is 0. The van der Waals surface area contributed by atoms with Gasteiger partial charge in [0.2, 0.25) is 0 Å². The third kappa shape index (κ3) is 3.87. The van der Waals surface area contributed by atoms with Crippen molar-refractivity contribution in [2.24, 2.45) is 5.92 Å². The van der Waals surface area contributed by atoms with Gasteiger partial charge in [-0.25, -0.2) is 9.59 Å². The van der Waals surface area contributed by atoms with Crippen LogP contribution in [0.4, 0.5) is 4.79 Å². The minimum Gasteiger partial charge on any atom is -0.480 e. The average molecular weight is 258 g/mol. The summed E-state index contributed by atoms with van der Waals surface area (Å²) >= 11 is 0. The van der Waals surface area contributed by atoms with E-state index in [4.69, 9.17) is 5.11 Å². The number of aliphatic hydroxyl groups excluding tert-OH is 1. The summed E-state index contributed by atoms with van der Waals surface area (Å²) in [5, 5.41) is 20.9. The normalized spacial score (nSPS) is 22.6. The van der Waals surface area contributed by atoms with Crippen molar-refractivity contribution in [3.63, 3.8) is 0 Å². The minimum absolute atomic E-state index is 0.0882. The molecular formula is C12H22N2O4.